The number of hydrogen-bond donors (Lipinski definition) is 0. The first-order valence-electron chi connectivity index (χ1n) is 14.1. The minimum absolute atomic E-state index is 0.106. The number of carbonyl (C=O) groups is 2. The van der Waals surface area contributed by atoms with Gasteiger partial charge in [0.1, 0.15) is 0 Å². The predicted molar refractivity (Wildman–Crippen MR) is 141 cm³/mol. The van der Waals surface area contributed by atoms with Crippen molar-refractivity contribution in [2.24, 2.45) is 0 Å². The third-order valence-corrected chi connectivity index (χ3v) is 6.08. The van der Waals surface area contributed by atoms with Gasteiger partial charge in [-0.2, -0.15) is 0 Å². The number of esters is 2. The highest BCUT2D eigenvalue weighted by Gasteiger charge is 2.23. The highest BCUT2D eigenvalue weighted by atomic mass is 16.6. The fraction of sp³-hybridized carbons (Fsp3) is 0.929. The van der Waals surface area contributed by atoms with Gasteiger partial charge in [-0.05, 0) is 25.7 Å². The first kappa shape index (κ1) is 34.8. The number of hydrogen-bond acceptors (Lipinski definition) is 8. The number of carbonyl (C=O) groups excluding carboxylic acids is 2. The molecule has 214 valence electrons. The molecule has 0 amide bonds. The molecule has 36 heavy (non-hydrogen) atoms. The van der Waals surface area contributed by atoms with E-state index in [2.05, 4.69) is 27.7 Å². The maximum atomic E-state index is 12.0. The largest absolute Gasteiger partial charge is 0.467 e. The molecule has 0 fully saturated rings. The van der Waals surface area contributed by atoms with Gasteiger partial charge in [-0.15, -0.1) is 0 Å². The lowest BCUT2D eigenvalue weighted by Crippen LogP contribution is -2.32. The van der Waals surface area contributed by atoms with Crippen LogP contribution in [0, 0.1) is 0 Å². The fourth-order valence-electron chi connectivity index (χ4n) is 3.75. The van der Waals surface area contributed by atoms with Gasteiger partial charge in [0.15, 0.2) is 12.2 Å². The van der Waals surface area contributed by atoms with Crippen LogP contribution in [-0.2, 0) is 38.0 Å². The Morgan fingerprint density at radius 3 is 1.17 bits per heavy atom. The van der Waals surface area contributed by atoms with E-state index in [-0.39, 0.29) is 24.1 Å². The van der Waals surface area contributed by atoms with Gasteiger partial charge in [0, 0.05) is 0 Å². The smallest absolute Gasteiger partial charge is 0.334 e. The van der Waals surface area contributed by atoms with E-state index in [1.165, 1.54) is 14.2 Å². The summed E-state index contributed by atoms with van der Waals surface area (Å²) in [5, 5.41) is 0. The molecule has 0 aromatic carbocycles. The molecule has 0 aromatic heterocycles. The SMILES string of the molecule is CCCCC(COC(CCCC)C(=O)OC)OCCOC(CCCC)COC(CCCC)C(=O)OC. The summed E-state index contributed by atoms with van der Waals surface area (Å²) in [5.41, 5.74) is 0. The molecule has 0 N–H and O–H groups in total. The third kappa shape index (κ3) is 17.3. The van der Waals surface area contributed by atoms with Crippen LogP contribution in [0.1, 0.15) is 105 Å². The van der Waals surface area contributed by atoms with Crippen LogP contribution in [0.5, 0.6) is 0 Å². The normalized spacial score (nSPS) is 14.7. The first-order chi connectivity index (χ1) is 17.5. The van der Waals surface area contributed by atoms with Gasteiger partial charge in [0.25, 0.3) is 0 Å². The monoisotopic (exact) mass is 518 g/mol. The third-order valence-electron chi connectivity index (χ3n) is 6.08. The summed E-state index contributed by atoms with van der Waals surface area (Å²) >= 11 is 0. The summed E-state index contributed by atoms with van der Waals surface area (Å²) in [4.78, 5) is 24.1. The number of rotatable bonds is 25. The van der Waals surface area contributed by atoms with E-state index < -0.39 is 12.2 Å². The maximum Gasteiger partial charge on any atom is 0.334 e. The van der Waals surface area contributed by atoms with Crippen molar-refractivity contribution in [3.8, 4) is 0 Å². The molecule has 0 bridgehead atoms. The summed E-state index contributed by atoms with van der Waals surface area (Å²) in [6.07, 6.45) is 9.66. The molecule has 0 rings (SSSR count). The molecule has 0 aromatic rings. The molecule has 0 aliphatic rings. The van der Waals surface area contributed by atoms with Crippen LogP contribution in [0.4, 0.5) is 0 Å². The lowest BCUT2D eigenvalue weighted by Gasteiger charge is -2.23. The van der Waals surface area contributed by atoms with Crippen LogP contribution in [0.3, 0.4) is 0 Å². The molecule has 0 aliphatic carbocycles. The summed E-state index contributed by atoms with van der Waals surface area (Å²) in [6.45, 7) is 10.00. The van der Waals surface area contributed by atoms with E-state index in [0.717, 1.165) is 64.2 Å². The van der Waals surface area contributed by atoms with Crippen molar-refractivity contribution in [3.05, 3.63) is 0 Å². The second-order valence-electron chi connectivity index (χ2n) is 9.24. The molecule has 4 unspecified atom stereocenters. The average Bonchev–Trinajstić information content (AvgIpc) is 2.90. The Kier molecular flexibility index (Phi) is 23.3. The standard InChI is InChI=1S/C28H54O8/c1-7-11-15-23(21-35-25(17-13-9-3)27(29)31-5)33-19-20-34-24(16-12-8-2)22-36-26(18-14-10-4)28(30)32-6/h23-26H,7-22H2,1-6H3. The Labute approximate surface area is 220 Å². The van der Waals surface area contributed by atoms with Crippen molar-refractivity contribution in [3.63, 3.8) is 0 Å². The second-order valence-corrected chi connectivity index (χ2v) is 9.24. The van der Waals surface area contributed by atoms with E-state index in [4.69, 9.17) is 28.4 Å². The minimum atomic E-state index is -0.551. The molecule has 0 radical (unpaired) electrons. The summed E-state index contributed by atoms with van der Waals surface area (Å²) in [5.74, 6) is -0.659. The molecular weight excluding hydrogens is 464 g/mol. The number of unbranched alkanes of at least 4 members (excludes halogenated alkanes) is 4. The van der Waals surface area contributed by atoms with Crippen LogP contribution < -0.4 is 0 Å². The molecule has 0 saturated carbocycles. The summed E-state index contributed by atoms with van der Waals surface area (Å²) < 4.78 is 33.8. The molecule has 0 spiro atoms. The highest BCUT2D eigenvalue weighted by molar-refractivity contribution is 5.74. The van der Waals surface area contributed by atoms with Crippen molar-refractivity contribution in [1.29, 1.82) is 0 Å². The van der Waals surface area contributed by atoms with E-state index in [1.54, 1.807) is 0 Å². The quantitative estimate of drug-likeness (QED) is 0.113. The Bertz CT molecular complexity index is 482. The van der Waals surface area contributed by atoms with Crippen LogP contribution in [0.25, 0.3) is 0 Å². The molecule has 0 saturated heterocycles. The summed E-state index contributed by atoms with van der Waals surface area (Å²) in [7, 11) is 2.78. The van der Waals surface area contributed by atoms with E-state index in [1.807, 2.05) is 0 Å². The van der Waals surface area contributed by atoms with Crippen LogP contribution in [0.15, 0.2) is 0 Å². The van der Waals surface area contributed by atoms with Crippen LogP contribution in [0.2, 0.25) is 0 Å². The average molecular weight is 519 g/mol. The van der Waals surface area contributed by atoms with Gasteiger partial charge in [-0.1, -0.05) is 79.1 Å². The van der Waals surface area contributed by atoms with Crippen LogP contribution in [-0.4, -0.2) is 77.0 Å². The van der Waals surface area contributed by atoms with E-state index in [0.29, 0.717) is 39.3 Å². The van der Waals surface area contributed by atoms with Gasteiger partial charge < -0.3 is 28.4 Å². The van der Waals surface area contributed by atoms with Crippen molar-refractivity contribution in [1.82, 2.24) is 0 Å². The Hall–Kier alpha value is -1.22. The number of ether oxygens (including phenoxy) is 6. The Balaban J connectivity index is 4.74. The maximum absolute atomic E-state index is 12.0. The van der Waals surface area contributed by atoms with Gasteiger partial charge in [-0.3, -0.25) is 0 Å². The topological polar surface area (TPSA) is 89.5 Å². The van der Waals surface area contributed by atoms with E-state index in [9.17, 15) is 9.59 Å². The van der Waals surface area contributed by atoms with Crippen molar-refractivity contribution in [2.45, 2.75) is 129 Å². The molecule has 0 aliphatic heterocycles. The molecule has 8 heteroatoms. The zero-order chi connectivity index (χ0) is 27.0. The molecular formula is C28H54O8. The molecule has 0 heterocycles. The number of methoxy groups -OCH3 is 2. The highest BCUT2D eigenvalue weighted by Crippen LogP contribution is 2.14. The van der Waals surface area contributed by atoms with Crippen LogP contribution >= 0.6 is 0 Å². The molecule has 8 nitrogen and oxygen atoms in total. The Morgan fingerprint density at radius 1 is 0.528 bits per heavy atom. The van der Waals surface area contributed by atoms with Crippen molar-refractivity contribution in [2.75, 3.05) is 40.6 Å². The van der Waals surface area contributed by atoms with Gasteiger partial charge in [0.05, 0.1) is 52.9 Å². The molecule has 4 atom stereocenters. The first-order valence-corrected chi connectivity index (χ1v) is 14.1. The fourth-order valence-corrected chi connectivity index (χ4v) is 3.75. The lowest BCUT2D eigenvalue weighted by molar-refractivity contribution is -0.160. The van der Waals surface area contributed by atoms with Gasteiger partial charge in [-0.25, -0.2) is 9.59 Å². The van der Waals surface area contributed by atoms with Gasteiger partial charge >= 0.3 is 11.9 Å². The summed E-state index contributed by atoms with van der Waals surface area (Å²) in [6, 6.07) is 0. The Morgan fingerprint density at radius 2 is 0.861 bits per heavy atom. The zero-order valence-corrected chi connectivity index (χ0v) is 23.9. The van der Waals surface area contributed by atoms with E-state index >= 15 is 0 Å². The minimum Gasteiger partial charge on any atom is -0.467 e. The lowest BCUT2D eigenvalue weighted by atomic mass is 10.1. The van der Waals surface area contributed by atoms with Crippen molar-refractivity contribution < 1.29 is 38.0 Å². The predicted octanol–water partition coefficient (Wildman–Crippen LogP) is 5.63. The second kappa shape index (κ2) is 24.1. The van der Waals surface area contributed by atoms with Gasteiger partial charge in [0.2, 0.25) is 0 Å². The zero-order valence-electron chi connectivity index (χ0n) is 23.9. The van der Waals surface area contributed by atoms with Crippen molar-refractivity contribution >= 4 is 11.9 Å².